The van der Waals surface area contributed by atoms with Crippen molar-refractivity contribution < 1.29 is 9.59 Å². The molecule has 0 saturated heterocycles. The molecule has 0 aliphatic carbocycles. The number of carbonyl (C=O) groups excluding carboxylic acids is 2. The van der Waals surface area contributed by atoms with Crippen molar-refractivity contribution in [2.24, 2.45) is 5.10 Å². The first kappa shape index (κ1) is 18.1. The van der Waals surface area contributed by atoms with Crippen molar-refractivity contribution in [1.29, 1.82) is 0 Å². The fourth-order valence-electron chi connectivity index (χ4n) is 1.98. The summed E-state index contributed by atoms with van der Waals surface area (Å²) in [6.45, 7) is 3.59. The van der Waals surface area contributed by atoms with Gasteiger partial charge in [-0.3, -0.25) is 9.59 Å². The minimum atomic E-state index is -0.305. The van der Waals surface area contributed by atoms with E-state index in [1.807, 2.05) is 49.4 Å². The second-order valence-electron chi connectivity index (χ2n) is 5.42. The highest BCUT2D eigenvalue weighted by atomic mass is 16.2. The van der Waals surface area contributed by atoms with Crippen molar-refractivity contribution in [3.63, 3.8) is 0 Å². The van der Waals surface area contributed by atoms with Crippen molar-refractivity contribution >= 4 is 29.3 Å². The summed E-state index contributed by atoms with van der Waals surface area (Å²) in [5.41, 5.74) is 5.40. The average Bonchev–Trinajstić information content (AvgIpc) is 2.65. The lowest BCUT2D eigenvalue weighted by Crippen LogP contribution is -2.18. The zero-order chi connectivity index (χ0) is 18.1. The number of carbonyl (C=O) groups is 2. The van der Waals surface area contributed by atoms with Gasteiger partial charge in [-0.05, 0) is 42.8 Å². The van der Waals surface area contributed by atoms with Crippen molar-refractivity contribution in [2.75, 3.05) is 5.32 Å². The van der Waals surface area contributed by atoms with Gasteiger partial charge in [0.15, 0.2) is 0 Å². The Morgan fingerprint density at radius 1 is 1.04 bits per heavy atom. The van der Waals surface area contributed by atoms with Gasteiger partial charge in [-0.15, -0.1) is 0 Å². The van der Waals surface area contributed by atoms with Crippen molar-refractivity contribution in [3.8, 4) is 0 Å². The molecule has 2 aromatic carbocycles. The maximum Gasteiger partial charge on any atom is 0.271 e. The first-order chi connectivity index (χ1) is 12.1. The molecule has 0 aromatic heterocycles. The molecule has 0 atom stereocenters. The average molecular weight is 335 g/mol. The topological polar surface area (TPSA) is 70.6 Å². The Hall–Kier alpha value is -3.21. The fourth-order valence-corrected chi connectivity index (χ4v) is 1.98. The van der Waals surface area contributed by atoms with Gasteiger partial charge in [0.25, 0.3) is 5.91 Å². The molecule has 5 heteroatoms. The first-order valence-electron chi connectivity index (χ1n) is 8.06. The van der Waals surface area contributed by atoms with E-state index in [4.69, 9.17) is 0 Å². The van der Waals surface area contributed by atoms with Gasteiger partial charge < -0.3 is 5.32 Å². The quantitative estimate of drug-likeness (QED) is 0.622. The molecule has 0 fully saturated rings. The molecule has 2 amide bonds. The normalized spacial score (nSPS) is 11.4. The summed E-state index contributed by atoms with van der Waals surface area (Å²) in [4.78, 5) is 23.4. The van der Waals surface area contributed by atoms with E-state index >= 15 is 0 Å². The standard InChI is InChI=1S/C20H21N3O2/c1-3-19(24)21-18-13-11-17(12-14-18)20(25)23-22-15(2)9-10-16-7-5-4-6-8-16/h4-14H,3H2,1-2H3,(H,21,24)(H,23,25)/b10-9-,22-15+. The summed E-state index contributed by atoms with van der Waals surface area (Å²) in [7, 11) is 0. The zero-order valence-electron chi connectivity index (χ0n) is 14.3. The molecule has 0 bridgehead atoms. The highest BCUT2D eigenvalue weighted by Crippen LogP contribution is 2.10. The minimum absolute atomic E-state index is 0.0670. The minimum Gasteiger partial charge on any atom is -0.326 e. The lowest BCUT2D eigenvalue weighted by atomic mass is 10.2. The Labute approximate surface area is 147 Å². The number of nitrogens with zero attached hydrogens (tertiary/aromatic N) is 1. The van der Waals surface area contributed by atoms with Crippen LogP contribution in [0.1, 0.15) is 36.2 Å². The van der Waals surface area contributed by atoms with Crippen molar-refractivity contribution in [3.05, 3.63) is 71.8 Å². The number of hydrazone groups is 1. The Morgan fingerprint density at radius 3 is 2.36 bits per heavy atom. The van der Waals surface area contributed by atoms with E-state index in [0.29, 0.717) is 23.4 Å². The second-order valence-corrected chi connectivity index (χ2v) is 5.42. The Morgan fingerprint density at radius 2 is 1.72 bits per heavy atom. The molecular formula is C20H21N3O2. The largest absolute Gasteiger partial charge is 0.326 e. The van der Waals surface area contributed by atoms with Gasteiger partial charge in [0.2, 0.25) is 5.91 Å². The summed E-state index contributed by atoms with van der Waals surface area (Å²) in [5, 5.41) is 6.79. The number of anilines is 1. The summed E-state index contributed by atoms with van der Waals surface area (Å²) in [5.74, 6) is -0.372. The van der Waals surface area contributed by atoms with E-state index in [1.54, 1.807) is 31.2 Å². The number of hydrogen-bond acceptors (Lipinski definition) is 3. The van der Waals surface area contributed by atoms with Crippen LogP contribution in [0.5, 0.6) is 0 Å². The lowest BCUT2D eigenvalue weighted by molar-refractivity contribution is -0.115. The molecule has 0 radical (unpaired) electrons. The lowest BCUT2D eigenvalue weighted by Gasteiger charge is -2.05. The Bertz CT molecular complexity index is 778. The number of nitrogens with one attached hydrogen (secondary N) is 2. The molecule has 128 valence electrons. The third kappa shape index (κ3) is 6.06. The number of amides is 2. The van der Waals surface area contributed by atoms with Gasteiger partial charge in [0, 0.05) is 17.7 Å². The molecule has 5 nitrogen and oxygen atoms in total. The van der Waals surface area contributed by atoms with Crippen LogP contribution in [0.4, 0.5) is 5.69 Å². The smallest absolute Gasteiger partial charge is 0.271 e. The van der Waals surface area contributed by atoms with Gasteiger partial charge in [-0.25, -0.2) is 5.43 Å². The molecule has 2 N–H and O–H groups in total. The van der Waals surface area contributed by atoms with E-state index in [9.17, 15) is 9.59 Å². The third-order valence-electron chi connectivity index (χ3n) is 3.40. The van der Waals surface area contributed by atoms with E-state index < -0.39 is 0 Å². The van der Waals surface area contributed by atoms with Crippen LogP contribution in [-0.4, -0.2) is 17.5 Å². The van der Waals surface area contributed by atoms with E-state index in [0.717, 1.165) is 5.56 Å². The molecule has 2 rings (SSSR count). The number of rotatable bonds is 6. The predicted octanol–water partition coefficient (Wildman–Crippen LogP) is 3.85. The van der Waals surface area contributed by atoms with Crippen LogP contribution in [0.15, 0.2) is 65.8 Å². The molecule has 25 heavy (non-hydrogen) atoms. The van der Waals surface area contributed by atoms with Gasteiger partial charge in [-0.2, -0.15) is 5.10 Å². The van der Waals surface area contributed by atoms with Crippen LogP contribution >= 0.6 is 0 Å². The second kappa shape index (κ2) is 9.17. The fraction of sp³-hybridized carbons (Fsp3) is 0.150. The summed E-state index contributed by atoms with van der Waals surface area (Å²) >= 11 is 0. The van der Waals surface area contributed by atoms with Crippen LogP contribution in [-0.2, 0) is 4.79 Å². The zero-order valence-corrected chi connectivity index (χ0v) is 14.3. The maximum absolute atomic E-state index is 12.1. The molecule has 2 aromatic rings. The van der Waals surface area contributed by atoms with E-state index in [2.05, 4.69) is 15.8 Å². The third-order valence-corrected chi connectivity index (χ3v) is 3.40. The van der Waals surface area contributed by atoms with Crippen LogP contribution in [0.3, 0.4) is 0 Å². The predicted molar refractivity (Wildman–Crippen MR) is 101 cm³/mol. The molecule has 0 aliphatic heterocycles. The molecule has 0 saturated carbocycles. The molecule has 0 unspecified atom stereocenters. The van der Waals surface area contributed by atoms with Gasteiger partial charge in [0.1, 0.15) is 0 Å². The summed E-state index contributed by atoms with van der Waals surface area (Å²) < 4.78 is 0. The molecule has 0 heterocycles. The van der Waals surface area contributed by atoms with Crippen LogP contribution in [0.25, 0.3) is 6.08 Å². The Kier molecular flexibility index (Phi) is 6.65. The van der Waals surface area contributed by atoms with E-state index in [-0.39, 0.29) is 11.8 Å². The van der Waals surface area contributed by atoms with Crippen LogP contribution < -0.4 is 10.7 Å². The highest BCUT2D eigenvalue weighted by Gasteiger charge is 2.05. The van der Waals surface area contributed by atoms with Gasteiger partial charge in [0.05, 0.1) is 5.71 Å². The van der Waals surface area contributed by atoms with Crippen molar-refractivity contribution in [2.45, 2.75) is 20.3 Å². The summed E-state index contributed by atoms with van der Waals surface area (Å²) in [6.07, 6.45) is 4.17. The van der Waals surface area contributed by atoms with Crippen molar-refractivity contribution in [1.82, 2.24) is 5.43 Å². The highest BCUT2D eigenvalue weighted by molar-refractivity contribution is 5.99. The molecular weight excluding hydrogens is 314 g/mol. The monoisotopic (exact) mass is 335 g/mol. The van der Waals surface area contributed by atoms with Crippen LogP contribution in [0.2, 0.25) is 0 Å². The van der Waals surface area contributed by atoms with Gasteiger partial charge in [-0.1, -0.05) is 43.3 Å². The number of hydrogen-bond donors (Lipinski definition) is 2. The number of benzene rings is 2. The first-order valence-corrected chi connectivity index (χ1v) is 8.06. The van der Waals surface area contributed by atoms with E-state index in [1.165, 1.54) is 0 Å². The maximum atomic E-state index is 12.1. The molecule has 0 spiro atoms. The molecule has 0 aliphatic rings. The van der Waals surface area contributed by atoms with Gasteiger partial charge >= 0.3 is 0 Å². The Balaban J connectivity index is 1.92. The SMILES string of the molecule is CCC(=O)Nc1ccc(C(=O)N/N=C(C)/C=C\c2ccccc2)cc1. The number of allylic oxidation sites excluding steroid dienone is 1. The van der Waals surface area contributed by atoms with Crippen LogP contribution in [0, 0.1) is 0 Å². The summed E-state index contributed by atoms with van der Waals surface area (Å²) in [6, 6.07) is 16.5.